The second kappa shape index (κ2) is 9.52. The zero-order valence-electron chi connectivity index (χ0n) is 16.3. The number of halogens is 1. The van der Waals surface area contributed by atoms with Crippen LogP contribution in [-0.4, -0.2) is 59.8 Å². The molecular weight excluding hydrogens is 432 g/mol. The van der Waals surface area contributed by atoms with Gasteiger partial charge in [0.15, 0.2) is 0 Å². The minimum Gasteiger partial charge on any atom is -0.379 e. The van der Waals surface area contributed by atoms with E-state index < -0.39 is 0 Å². The first-order chi connectivity index (χ1) is 14.2. The summed E-state index contributed by atoms with van der Waals surface area (Å²) in [6, 6.07) is 15.6. The number of amides is 1. The maximum absolute atomic E-state index is 12.4. The SMILES string of the molecule is O=C(NCCc1nc2ccccc2n1CCN1CCOCC1)c1cccc(Br)c1. The molecule has 6 nitrogen and oxygen atoms in total. The summed E-state index contributed by atoms with van der Waals surface area (Å²) in [4.78, 5) is 19.6. The highest BCUT2D eigenvalue weighted by atomic mass is 79.9. The summed E-state index contributed by atoms with van der Waals surface area (Å²) < 4.78 is 8.63. The van der Waals surface area contributed by atoms with Crippen LogP contribution in [0.3, 0.4) is 0 Å². The Kier molecular flexibility index (Phi) is 6.59. The predicted octanol–water partition coefficient (Wildman–Crippen LogP) is 3.10. The normalized spacial score (nSPS) is 14.9. The Labute approximate surface area is 179 Å². The summed E-state index contributed by atoms with van der Waals surface area (Å²) in [7, 11) is 0. The van der Waals surface area contributed by atoms with Gasteiger partial charge >= 0.3 is 0 Å². The second-order valence-electron chi connectivity index (χ2n) is 7.14. The highest BCUT2D eigenvalue weighted by Crippen LogP contribution is 2.17. The zero-order chi connectivity index (χ0) is 20.1. The number of morpholine rings is 1. The number of fused-ring (bicyclic) bond motifs is 1. The topological polar surface area (TPSA) is 59.4 Å². The first-order valence-electron chi connectivity index (χ1n) is 9.99. The van der Waals surface area contributed by atoms with Gasteiger partial charge in [-0.1, -0.05) is 34.1 Å². The number of nitrogens with zero attached hydrogens (tertiary/aromatic N) is 3. The maximum atomic E-state index is 12.4. The van der Waals surface area contributed by atoms with E-state index >= 15 is 0 Å². The molecule has 2 aromatic carbocycles. The highest BCUT2D eigenvalue weighted by molar-refractivity contribution is 9.10. The summed E-state index contributed by atoms with van der Waals surface area (Å²) in [5.74, 6) is 0.941. The van der Waals surface area contributed by atoms with Gasteiger partial charge in [0.1, 0.15) is 5.82 Å². The standard InChI is InChI=1S/C22H25BrN4O2/c23-18-5-3-4-17(16-18)22(28)24-9-8-21-25-19-6-1-2-7-20(19)27(21)11-10-26-12-14-29-15-13-26/h1-7,16H,8-15H2,(H,24,28). The zero-order valence-corrected chi connectivity index (χ0v) is 17.9. The fraction of sp³-hybridized carbons (Fsp3) is 0.364. The summed E-state index contributed by atoms with van der Waals surface area (Å²) in [5, 5.41) is 3.01. The van der Waals surface area contributed by atoms with Gasteiger partial charge in [-0.3, -0.25) is 9.69 Å². The first-order valence-corrected chi connectivity index (χ1v) is 10.8. The molecule has 7 heteroatoms. The van der Waals surface area contributed by atoms with E-state index in [4.69, 9.17) is 9.72 Å². The summed E-state index contributed by atoms with van der Waals surface area (Å²) in [5.41, 5.74) is 2.80. The van der Waals surface area contributed by atoms with Crippen LogP contribution in [0, 0.1) is 0 Å². The van der Waals surface area contributed by atoms with Crippen molar-refractivity contribution in [3.05, 3.63) is 64.4 Å². The Hall–Kier alpha value is -2.22. The summed E-state index contributed by atoms with van der Waals surface area (Å²) >= 11 is 3.41. The summed E-state index contributed by atoms with van der Waals surface area (Å²) in [6.45, 7) is 5.97. The van der Waals surface area contributed by atoms with Crippen molar-refractivity contribution in [2.75, 3.05) is 39.4 Å². The smallest absolute Gasteiger partial charge is 0.251 e. The molecule has 0 bridgehead atoms. The Balaban J connectivity index is 1.42. The molecule has 4 rings (SSSR count). The molecule has 3 aromatic rings. The van der Waals surface area contributed by atoms with E-state index in [2.05, 4.69) is 36.8 Å². The van der Waals surface area contributed by atoms with Crippen molar-refractivity contribution < 1.29 is 9.53 Å². The van der Waals surface area contributed by atoms with Gasteiger partial charge < -0.3 is 14.6 Å². The lowest BCUT2D eigenvalue weighted by atomic mass is 10.2. The van der Waals surface area contributed by atoms with E-state index in [1.807, 2.05) is 42.5 Å². The first kappa shape index (κ1) is 20.1. The van der Waals surface area contributed by atoms with Crippen LogP contribution in [-0.2, 0) is 17.7 Å². The Morgan fingerprint density at radius 2 is 1.93 bits per heavy atom. The monoisotopic (exact) mass is 456 g/mol. The third-order valence-electron chi connectivity index (χ3n) is 5.20. The molecule has 0 radical (unpaired) electrons. The number of carbonyl (C=O) groups excluding carboxylic acids is 1. The van der Waals surface area contributed by atoms with Crippen molar-refractivity contribution in [3.8, 4) is 0 Å². The number of hydrogen-bond donors (Lipinski definition) is 1. The van der Waals surface area contributed by atoms with Gasteiger partial charge in [-0.15, -0.1) is 0 Å². The molecular formula is C22H25BrN4O2. The van der Waals surface area contributed by atoms with Gasteiger partial charge in [-0.05, 0) is 30.3 Å². The second-order valence-corrected chi connectivity index (χ2v) is 8.05. The Morgan fingerprint density at radius 1 is 1.10 bits per heavy atom. The van der Waals surface area contributed by atoms with Gasteiger partial charge in [0, 0.05) is 49.2 Å². The van der Waals surface area contributed by atoms with E-state index in [0.29, 0.717) is 18.5 Å². The van der Waals surface area contributed by atoms with E-state index in [0.717, 1.165) is 60.7 Å². The average Bonchev–Trinajstić information content (AvgIpc) is 3.10. The van der Waals surface area contributed by atoms with Gasteiger partial charge in [0.25, 0.3) is 5.91 Å². The number of carbonyl (C=O) groups is 1. The van der Waals surface area contributed by atoms with E-state index in [-0.39, 0.29) is 5.91 Å². The lowest BCUT2D eigenvalue weighted by Crippen LogP contribution is -2.38. The number of benzene rings is 2. The molecule has 0 spiro atoms. The van der Waals surface area contributed by atoms with Crippen LogP contribution < -0.4 is 5.32 Å². The minimum atomic E-state index is -0.0673. The predicted molar refractivity (Wildman–Crippen MR) is 117 cm³/mol. The number of rotatable bonds is 7. The molecule has 0 atom stereocenters. The third-order valence-corrected chi connectivity index (χ3v) is 5.69. The van der Waals surface area contributed by atoms with Crippen LogP contribution >= 0.6 is 15.9 Å². The molecule has 1 fully saturated rings. The van der Waals surface area contributed by atoms with Gasteiger partial charge in [-0.2, -0.15) is 0 Å². The van der Waals surface area contributed by atoms with Gasteiger partial charge in [0.05, 0.1) is 24.2 Å². The van der Waals surface area contributed by atoms with Crippen molar-refractivity contribution in [2.24, 2.45) is 0 Å². The van der Waals surface area contributed by atoms with Crippen LogP contribution in [0.1, 0.15) is 16.2 Å². The molecule has 29 heavy (non-hydrogen) atoms. The Morgan fingerprint density at radius 3 is 2.76 bits per heavy atom. The van der Waals surface area contributed by atoms with Crippen LogP contribution in [0.4, 0.5) is 0 Å². The fourth-order valence-electron chi connectivity index (χ4n) is 3.65. The number of nitrogens with one attached hydrogen (secondary N) is 1. The van der Waals surface area contributed by atoms with Gasteiger partial charge in [0.2, 0.25) is 0 Å². The maximum Gasteiger partial charge on any atom is 0.251 e. The molecule has 0 aliphatic carbocycles. The molecule has 0 unspecified atom stereocenters. The van der Waals surface area contributed by atoms with Crippen LogP contribution in [0.2, 0.25) is 0 Å². The van der Waals surface area contributed by atoms with Gasteiger partial charge in [-0.25, -0.2) is 4.98 Å². The van der Waals surface area contributed by atoms with Crippen molar-refractivity contribution in [3.63, 3.8) is 0 Å². The Bertz CT molecular complexity index is 982. The van der Waals surface area contributed by atoms with Crippen molar-refractivity contribution in [2.45, 2.75) is 13.0 Å². The quantitative estimate of drug-likeness (QED) is 0.593. The summed E-state index contributed by atoms with van der Waals surface area (Å²) in [6.07, 6.45) is 0.692. The third kappa shape index (κ3) is 5.04. The number of hydrogen-bond acceptors (Lipinski definition) is 4. The molecule has 1 aliphatic heterocycles. The molecule has 1 amide bonds. The van der Waals surface area contributed by atoms with Crippen molar-refractivity contribution in [1.82, 2.24) is 19.8 Å². The fourth-order valence-corrected chi connectivity index (χ4v) is 4.05. The molecule has 1 saturated heterocycles. The molecule has 1 N–H and O–H groups in total. The van der Waals surface area contributed by atoms with E-state index in [1.165, 1.54) is 0 Å². The van der Waals surface area contributed by atoms with Crippen LogP contribution in [0.5, 0.6) is 0 Å². The lowest BCUT2D eigenvalue weighted by Gasteiger charge is -2.27. The molecule has 2 heterocycles. The van der Waals surface area contributed by atoms with E-state index in [9.17, 15) is 4.79 Å². The highest BCUT2D eigenvalue weighted by Gasteiger charge is 2.14. The lowest BCUT2D eigenvalue weighted by molar-refractivity contribution is 0.0364. The average molecular weight is 457 g/mol. The number of para-hydroxylation sites is 2. The largest absolute Gasteiger partial charge is 0.379 e. The molecule has 0 saturated carbocycles. The number of imidazole rings is 1. The molecule has 1 aliphatic rings. The number of ether oxygens (including phenoxy) is 1. The molecule has 152 valence electrons. The minimum absolute atomic E-state index is 0.0673. The van der Waals surface area contributed by atoms with Crippen molar-refractivity contribution in [1.29, 1.82) is 0 Å². The molecule has 1 aromatic heterocycles. The van der Waals surface area contributed by atoms with Crippen LogP contribution in [0.25, 0.3) is 11.0 Å². The number of aromatic nitrogens is 2. The van der Waals surface area contributed by atoms with Crippen LogP contribution in [0.15, 0.2) is 53.0 Å². The van der Waals surface area contributed by atoms with E-state index in [1.54, 1.807) is 0 Å². The van der Waals surface area contributed by atoms with Crippen molar-refractivity contribution >= 4 is 32.9 Å².